The molecule has 244 valence electrons. The van der Waals surface area contributed by atoms with Crippen molar-refractivity contribution in [2.24, 2.45) is 29.6 Å². The second-order valence-corrected chi connectivity index (χ2v) is 12.6. The molecule has 1 heterocycles. The Kier molecular flexibility index (Phi) is 16.4. The Balaban J connectivity index is 3.45. The van der Waals surface area contributed by atoms with Gasteiger partial charge < -0.3 is 29.5 Å². The topological polar surface area (TPSA) is 123 Å². The molecule has 0 spiro atoms. The summed E-state index contributed by atoms with van der Waals surface area (Å²) in [6.45, 7) is 16.7. The molecule has 0 aromatic rings. The summed E-state index contributed by atoms with van der Waals surface area (Å²) in [6.07, 6.45) is 7.35. The average Bonchev–Trinajstić information content (AvgIpc) is 2.96. The molecule has 0 aromatic heterocycles. The van der Waals surface area contributed by atoms with Crippen LogP contribution in [0.15, 0.2) is 58.9 Å². The Morgan fingerprint density at radius 1 is 1.14 bits per heavy atom. The number of ketones is 1. The zero-order chi connectivity index (χ0) is 33.0. The number of methoxy groups -OCH3 is 2. The molecule has 0 aliphatic carbocycles. The number of esters is 1. The number of hydrogen-bond donors (Lipinski definition) is 3. The van der Waals surface area contributed by atoms with E-state index < -0.39 is 48.3 Å². The maximum Gasteiger partial charge on any atom is 0.373 e. The number of Topliss-reactive ketones (excluding diaryl/α,β-unsaturated/α-hetero) is 1. The van der Waals surface area contributed by atoms with Crippen molar-refractivity contribution in [2.45, 2.75) is 106 Å². The molecular weight excluding hydrogens is 548 g/mol. The highest BCUT2D eigenvalue weighted by Gasteiger charge is 2.38. The Morgan fingerprint density at radius 3 is 2.33 bits per heavy atom. The number of aliphatic hydroxyl groups excluding tert-OH is 3. The molecule has 0 bridgehead atoms. The van der Waals surface area contributed by atoms with Crippen molar-refractivity contribution in [2.75, 3.05) is 14.2 Å². The summed E-state index contributed by atoms with van der Waals surface area (Å²) in [5.74, 6) is -2.58. The molecule has 0 aromatic carbocycles. The largest absolute Gasteiger partial charge is 0.490 e. The van der Waals surface area contributed by atoms with Crippen molar-refractivity contribution < 1.29 is 39.1 Å². The van der Waals surface area contributed by atoms with Gasteiger partial charge in [-0.1, -0.05) is 83.1 Å². The van der Waals surface area contributed by atoms with Gasteiger partial charge in [-0.25, -0.2) is 4.79 Å². The second-order valence-electron chi connectivity index (χ2n) is 12.6. The van der Waals surface area contributed by atoms with Crippen LogP contribution < -0.4 is 0 Å². The molecule has 1 aliphatic rings. The first kappa shape index (κ1) is 38.5. The molecule has 0 radical (unpaired) electrons. The number of aliphatic hydroxyl groups is 3. The summed E-state index contributed by atoms with van der Waals surface area (Å²) in [6, 6.07) is 0. The summed E-state index contributed by atoms with van der Waals surface area (Å²) in [4.78, 5) is 26.4. The minimum atomic E-state index is -1.15. The molecule has 1 rings (SSSR count). The van der Waals surface area contributed by atoms with Crippen LogP contribution in [0.4, 0.5) is 0 Å². The maximum absolute atomic E-state index is 13.4. The fourth-order valence-electron chi connectivity index (χ4n) is 5.43. The predicted octanol–water partition coefficient (Wildman–Crippen LogP) is 5.48. The second kappa shape index (κ2) is 18.3. The zero-order valence-electron chi connectivity index (χ0n) is 28.0. The molecule has 8 nitrogen and oxygen atoms in total. The lowest BCUT2D eigenvalue weighted by Gasteiger charge is -2.34. The Hall–Kier alpha value is -2.52. The Morgan fingerprint density at radius 2 is 1.77 bits per heavy atom. The van der Waals surface area contributed by atoms with E-state index in [2.05, 4.69) is 0 Å². The van der Waals surface area contributed by atoms with E-state index >= 15 is 0 Å². The van der Waals surface area contributed by atoms with Crippen LogP contribution in [0.25, 0.3) is 0 Å². The van der Waals surface area contributed by atoms with Crippen molar-refractivity contribution in [1.29, 1.82) is 0 Å². The van der Waals surface area contributed by atoms with E-state index in [4.69, 9.17) is 14.2 Å². The highest BCUT2D eigenvalue weighted by Crippen LogP contribution is 2.27. The molecular formula is C35H56O8. The van der Waals surface area contributed by atoms with Crippen LogP contribution in [0, 0.1) is 29.6 Å². The van der Waals surface area contributed by atoms with E-state index in [9.17, 15) is 24.9 Å². The van der Waals surface area contributed by atoms with E-state index in [-0.39, 0.29) is 35.7 Å². The molecule has 0 saturated heterocycles. The van der Waals surface area contributed by atoms with E-state index in [1.807, 2.05) is 59.8 Å². The van der Waals surface area contributed by atoms with Crippen LogP contribution in [0.1, 0.15) is 75.2 Å². The van der Waals surface area contributed by atoms with Crippen molar-refractivity contribution >= 4 is 11.8 Å². The van der Waals surface area contributed by atoms with Gasteiger partial charge in [0.2, 0.25) is 5.76 Å². The first-order valence-corrected chi connectivity index (χ1v) is 15.3. The molecule has 0 fully saturated rings. The molecule has 8 heteroatoms. The molecule has 43 heavy (non-hydrogen) atoms. The van der Waals surface area contributed by atoms with Crippen LogP contribution in [0.5, 0.6) is 0 Å². The Bertz CT molecular complexity index is 1070. The Labute approximate surface area is 259 Å². The highest BCUT2D eigenvalue weighted by atomic mass is 16.6. The highest BCUT2D eigenvalue weighted by molar-refractivity contribution is 5.87. The third kappa shape index (κ3) is 11.8. The lowest BCUT2D eigenvalue weighted by Crippen LogP contribution is -2.45. The summed E-state index contributed by atoms with van der Waals surface area (Å²) < 4.78 is 17.1. The van der Waals surface area contributed by atoms with Gasteiger partial charge in [-0.15, -0.1) is 0 Å². The average molecular weight is 605 g/mol. The first-order valence-electron chi connectivity index (χ1n) is 15.3. The van der Waals surface area contributed by atoms with Crippen LogP contribution >= 0.6 is 0 Å². The number of allylic oxidation sites excluding steroid dienone is 6. The van der Waals surface area contributed by atoms with Gasteiger partial charge in [0, 0.05) is 31.3 Å². The van der Waals surface area contributed by atoms with Gasteiger partial charge >= 0.3 is 5.97 Å². The van der Waals surface area contributed by atoms with Gasteiger partial charge in [0.05, 0.1) is 25.4 Å². The van der Waals surface area contributed by atoms with Gasteiger partial charge in [0.25, 0.3) is 0 Å². The summed E-state index contributed by atoms with van der Waals surface area (Å²) in [5, 5.41) is 32.5. The van der Waals surface area contributed by atoms with Crippen LogP contribution in [-0.2, 0) is 23.8 Å². The normalized spacial score (nSPS) is 32.2. The van der Waals surface area contributed by atoms with Gasteiger partial charge in [0.1, 0.15) is 18.0 Å². The summed E-state index contributed by atoms with van der Waals surface area (Å²) in [5.41, 5.74) is 2.50. The van der Waals surface area contributed by atoms with E-state index in [0.29, 0.717) is 12.0 Å². The standard InChI is InChI=1S/C35H56O8/c1-20(2)31(37)23(5)15-16-28(36)26(8)33(39)27(9)34-29(41-10)14-12-13-21(3)17-24(6)32(38)25(7)18-22(4)19-30(42-11)35(40)43-34/h12-15,18-20,24-27,29,31-34,37-39H,16-17H2,1-11H3/b14-12+,21-13+,22-18-,23-15+,30-19+/t24-,25+,26+,27+,29-,31+,32-,33-,34-/m0/s1. The van der Waals surface area contributed by atoms with Gasteiger partial charge in [-0.05, 0) is 50.7 Å². The van der Waals surface area contributed by atoms with Crippen LogP contribution in [0.3, 0.4) is 0 Å². The van der Waals surface area contributed by atoms with E-state index in [0.717, 1.165) is 11.1 Å². The van der Waals surface area contributed by atoms with Gasteiger partial charge in [-0.3, -0.25) is 4.79 Å². The van der Waals surface area contributed by atoms with Gasteiger partial charge in [-0.2, -0.15) is 0 Å². The lowest BCUT2D eigenvalue weighted by atomic mass is 9.83. The lowest BCUT2D eigenvalue weighted by molar-refractivity contribution is -0.162. The molecule has 9 atom stereocenters. The number of ether oxygens (including phenoxy) is 3. The van der Waals surface area contributed by atoms with Crippen LogP contribution in [0.2, 0.25) is 0 Å². The first-order chi connectivity index (χ1) is 20.0. The number of carbonyl (C=O) groups excluding carboxylic acids is 2. The van der Waals surface area contributed by atoms with E-state index in [1.165, 1.54) is 14.2 Å². The fourth-order valence-corrected chi connectivity index (χ4v) is 5.43. The maximum atomic E-state index is 13.4. The molecule has 0 saturated carbocycles. The predicted molar refractivity (Wildman–Crippen MR) is 170 cm³/mol. The van der Waals surface area contributed by atoms with Crippen molar-refractivity contribution in [3.63, 3.8) is 0 Å². The molecule has 1 aliphatic heterocycles. The number of cyclic esters (lactones) is 1. The zero-order valence-corrected chi connectivity index (χ0v) is 28.0. The smallest absolute Gasteiger partial charge is 0.373 e. The molecule has 3 N–H and O–H groups in total. The fraction of sp³-hybridized carbons (Fsp3) is 0.657. The van der Waals surface area contributed by atoms with Crippen LogP contribution in [-0.4, -0.2) is 71.8 Å². The van der Waals surface area contributed by atoms with Crippen molar-refractivity contribution in [1.82, 2.24) is 0 Å². The number of hydrogen-bond acceptors (Lipinski definition) is 8. The van der Waals surface area contributed by atoms with Crippen molar-refractivity contribution in [3.8, 4) is 0 Å². The number of rotatable bonds is 10. The molecule has 0 amide bonds. The van der Waals surface area contributed by atoms with Gasteiger partial charge in [0.15, 0.2) is 0 Å². The SMILES string of the molecule is CO/C1=C/C(C)=C\[C@@H](C)[C@@H](O)[C@@H](C)C/C(C)=C/C=C/[C@H](OC)[C@H]([C@H](C)[C@@H](O)[C@H](C)C(=O)C/C=C(\C)[C@H](O)C(C)C)OC1=O. The third-order valence-electron chi connectivity index (χ3n) is 8.39. The minimum Gasteiger partial charge on any atom is -0.490 e. The third-order valence-corrected chi connectivity index (χ3v) is 8.39. The quantitative estimate of drug-likeness (QED) is 0.221. The van der Waals surface area contributed by atoms with Crippen molar-refractivity contribution in [3.05, 3.63) is 58.9 Å². The van der Waals surface area contributed by atoms with E-state index in [1.54, 1.807) is 39.0 Å². The minimum absolute atomic E-state index is 0.000111. The summed E-state index contributed by atoms with van der Waals surface area (Å²) >= 11 is 0. The monoisotopic (exact) mass is 604 g/mol. The summed E-state index contributed by atoms with van der Waals surface area (Å²) in [7, 11) is 2.87. The molecule has 0 unspecified atom stereocenters. The number of carbonyl (C=O) groups is 2.